The van der Waals surface area contributed by atoms with Gasteiger partial charge in [0.15, 0.2) is 0 Å². The maximum atomic E-state index is 11.3. The molecule has 1 aliphatic rings. The average molecular weight is 236 g/mol. The van der Waals surface area contributed by atoms with Gasteiger partial charge in [0.25, 0.3) is 5.56 Å². The third-order valence-corrected chi connectivity index (χ3v) is 3.69. The number of anilines is 1. The fourth-order valence-electron chi connectivity index (χ4n) is 2.69. The minimum Gasteiger partial charge on any atom is -0.356 e. The quantitative estimate of drug-likeness (QED) is 0.811. The Morgan fingerprint density at radius 1 is 1.53 bits per heavy atom. The third kappa shape index (κ3) is 2.66. The van der Waals surface area contributed by atoms with Crippen LogP contribution >= 0.6 is 0 Å². The largest absolute Gasteiger partial charge is 0.356 e. The lowest BCUT2D eigenvalue weighted by Gasteiger charge is -2.38. The normalized spacial score (nSPS) is 24.6. The van der Waals surface area contributed by atoms with Crippen molar-refractivity contribution in [1.82, 2.24) is 9.97 Å². The zero-order chi connectivity index (χ0) is 12.3. The Hall–Kier alpha value is -1.36. The van der Waals surface area contributed by atoms with Gasteiger partial charge in [0, 0.05) is 19.2 Å². The standard InChI is InChI=1S/C12H20N4O/c1-16(11-6-12(17)15-8-14-11)10-5-3-2-4-9(10)7-13/h6,8-10H,2-5,7,13H2,1H3,(H,14,15,17). The maximum absolute atomic E-state index is 11.3. The predicted molar refractivity (Wildman–Crippen MR) is 68.1 cm³/mol. The first-order valence-electron chi connectivity index (χ1n) is 6.20. The van der Waals surface area contributed by atoms with E-state index < -0.39 is 0 Å². The van der Waals surface area contributed by atoms with Crippen molar-refractivity contribution in [1.29, 1.82) is 0 Å². The molecule has 5 nitrogen and oxygen atoms in total. The number of hydrogen-bond donors (Lipinski definition) is 2. The van der Waals surface area contributed by atoms with E-state index in [4.69, 9.17) is 5.73 Å². The molecule has 17 heavy (non-hydrogen) atoms. The molecule has 0 radical (unpaired) electrons. The highest BCUT2D eigenvalue weighted by molar-refractivity contribution is 5.37. The van der Waals surface area contributed by atoms with Gasteiger partial charge in [0.2, 0.25) is 0 Å². The van der Waals surface area contributed by atoms with E-state index in [9.17, 15) is 4.79 Å². The van der Waals surface area contributed by atoms with Crippen LogP contribution in [0.25, 0.3) is 0 Å². The molecule has 1 aromatic heterocycles. The molecule has 1 saturated carbocycles. The number of nitrogens with one attached hydrogen (secondary N) is 1. The Morgan fingerprint density at radius 2 is 2.29 bits per heavy atom. The van der Waals surface area contributed by atoms with Gasteiger partial charge < -0.3 is 15.6 Å². The van der Waals surface area contributed by atoms with Crippen LogP contribution in [0.4, 0.5) is 5.82 Å². The zero-order valence-corrected chi connectivity index (χ0v) is 10.2. The lowest BCUT2D eigenvalue weighted by Crippen LogP contribution is -2.43. The van der Waals surface area contributed by atoms with Crippen LogP contribution in [0.1, 0.15) is 25.7 Å². The highest BCUT2D eigenvalue weighted by atomic mass is 16.1. The van der Waals surface area contributed by atoms with Gasteiger partial charge >= 0.3 is 0 Å². The van der Waals surface area contributed by atoms with E-state index >= 15 is 0 Å². The van der Waals surface area contributed by atoms with Gasteiger partial charge in [-0.3, -0.25) is 4.79 Å². The molecule has 5 heteroatoms. The van der Waals surface area contributed by atoms with Gasteiger partial charge in [-0.2, -0.15) is 0 Å². The molecule has 1 aromatic rings. The Morgan fingerprint density at radius 3 is 3.00 bits per heavy atom. The monoisotopic (exact) mass is 236 g/mol. The first-order valence-corrected chi connectivity index (χ1v) is 6.20. The number of aromatic amines is 1. The second-order valence-electron chi connectivity index (χ2n) is 4.73. The highest BCUT2D eigenvalue weighted by Crippen LogP contribution is 2.28. The van der Waals surface area contributed by atoms with Crippen molar-refractivity contribution in [3.63, 3.8) is 0 Å². The summed E-state index contributed by atoms with van der Waals surface area (Å²) in [5.74, 6) is 1.24. The summed E-state index contributed by atoms with van der Waals surface area (Å²) in [4.78, 5) is 20.1. The van der Waals surface area contributed by atoms with E-state index in [-0.39, 0.29) is 5.56 Å². The Bertz CT molecular complexity index is 417. The molecular formula is C12H20N4O. The molecule has 0 saturated heterocycles. The minimum absolute atomic E-state index is 0.109. The first-order chi connectivity index (χ1) is 8.22. The van der Waals surface area contributed by atoms with Crippen molar-refractivity contribution in [3.8, 4) is 0 Å². The van der Waals surface area contributed by atoms with Crippen molar-refractivity contribution in [3.05, 3.63) is 22.7 Å². The van der Waals surface area contributed by atoms with Crippen molar-refractivity contribution in [2.24, 2.45) is 11.7 Å². The summed E-state index contributed by atoms with van der Waals surface area (Å²) in [6, 6.07) is 1.95. The Kier molecular flexibility index (Phi) is 3.78. The van der Waals surface area contributed by atoms with Crippen molar-refractivity contribution in [2.75, 3.05) is 18.5 Å². The smallest absolute Gasteiger partial charge is 0.252 e. The molecule has 94 valence electrons. The van der Waals surface area contributed by atoms with Crippen molar-refractivity contribution >= 4 is 5.82 Å². The lowest BCUT2D eigenvalue weighted by atomic mass is 9.84. The summed E-state index contributed by atoms with van der Waals surface area (Å²) in [6.45, 7) is 0.707. The second-order valence-corrected chi connectivity index (χ2v) is 4.73. The summed E-state index contributed by atoms with van der Waals surface area (Å²) in [6.07, 6.45) is 6.25. The molecule has 0 aliphatic heterocycles. The summed E-state index contributed by atoms with van der Waals surface area (Å²) in [5.41, 5.74) is 5.72. The van der Waals surface area contributed by atoms with Gasteiger partial charge in [0.05, 0.1) is 6.33 Å². The van der Waals surface area contributed by atoms with E-state index in [2.05, 4.69) is 14.9 Å². The molecule has 0 amide bonds. The van der Waals surface area contributed by atoms with Crippen molar-refractivity contribution < 1.29 is 0 Å². The molecular weight excluding hydrogens is 216 g/mol. The molecule has 0 spiro atoms. The summed E-state index contributed by atoms with van der Waals surface area (Å²) >= 11 is 0. The van der Waals surface area contributed by atoms with Crippen LogP contribution in [0.5, 0.6) is 0 Å². The van der Waals surface area contributed by atoms with Crippen LogP contribution in [0.3, 0.4) is 0 Å². The van der Waals surface area contributed by atoms with E-state index in [0.29, 0.717) is 18.5 Å². The molecule has 1 aliphatic carbocycles. The number of nitrogens with zero attached hydrogens (tertiary/aromatic N) is 2. The fourth-order valence-corrected chi connectivity index (χ4v) is 2.69. The molecule has 1 heterocycles. The molecule has 2 atom stereocenters. The number of nitrogens with two attached hydrogens (primary N) is 1. The van der Waals surface area contributed by atoms with Crippen LogP contribution in [0.2, 0.25) is 0 Å². The van der Waals surface area contributed by atoms with Gasteiger partial charge in [-0.05, 0) is 25.3 Å². The van der Waals surface area contributed by atoms with Crippen LogP contribution in [-0.2, 0) is 0 Å². The SMILES string of the molecule is CN(c1cc(=O)[nH]cn1)C1CCCCC1CN. The van der Waals surface area contributed by atoms with E-state index in [1.807, 2.05) is 7.05 Å². The lowest BCUT2D eigenvalue weighted by molar-refractivity contribution is 0.305. The van der Waals surface area contributed by atoms with E-state index in [1.165, 1.54) is 25.6 Å². The second kappa shape index (κ2) is 5.31. The van der Waals surface area contributed by atoms with Gasteiger partial charge in [-0.25, -0.2) is 4.98 Å². The molecule has 3 N–H and O–H groups in total. The minimum atomic E-state index is -0.109. The topological polar surface area (TPSA) is 75.0 Å². The van der Waals surface area contributed by atoms with Crippen LogP contribution < -0.4 is 16.2 Å². The molecule has 0 bridgehead atoms. The van der Waals surface area contributed by atoms with E-state index in [1.54, 1.807) is 6.07 Å². The molecule has 2 rings (SSSR count). The Labute approximate surface area is 101 Å². The van der Waals surface area contributed by atoms with Crippen LogP contribution in [0, 0.1) is 5.92 Å². The molecule has 1 fully saturated rings. The summed E-state index contributed by atoms with van der Waals surface area (Å²) < 4.78 is 0. The molecule has 0 aromatic carbocycles. The maximum Gasteiger partial charge on any atom is 0.252 e. The summed E-state index contributed by atoms with van der Waals surface area (Å²) in [5, 5.41) is 0. The highest BCUT2D eigenvalue weighted by Gasteiger charge is 2.28. The van der Waals surface area contributed by atoms with Gasteiger partial charge in [-0.15, -0.1) is 0 Å². The zero-order valence-electron chi connectivity index (χ0n) is 10.2. The Balaban J connectivity index is 2.17. The van der Waals surface area contributed by atoms with Crippen LogP contribution in [-0.4, -0.2) is 29.6 Å². The number of aromatic nitrogens is 2. The molecule has 2 unspecified atom stereocenters. The van der Waals surface area contributed by atoms with E-state index in [0.717, 1.165) is 12.2 Å². The average Bonchev–Trinajstić information content (AvgIpc) is 2.38. The number of rotatable bonds is 3. The number of H-pyrrole nitrogens is 1. The van der Waals surface area contributed by atoms with Crippen molar-refractivity contribution in [2.45, 2.75) is 31.7 Å². The predicted octanol–water partition coefficient (Wildman–Crippen LogP) is 0.724. The van der Waals surface area contributed by atoms with Gasteiger partial charge in [-0.1, -0.05) is 12.8 Å². The van der Waals surface area contributed by atoms with Gasteiger partial charge in [0.1, 0.15) is 5.82 Å². The first kappa shape index (κ1) is 12.1. The fraction of sp³-hybridized carbons (Fsp3) is 0.667. The van der Waals surface area contributed by atoms with Crippen LogP contribution in [0.15, 0.2) is 17.2 Å². The summed E-state index contributed by atoms with van der Waals surface area (Å²) in [7, 11) is 2.00. The third-order valence-electron chi connectivity index (χ3n) is 3.69. The number of hydrogen-bond acceptors (Lipinski definition) is 4.